The van der Waals surface area contributed by atoms with Gasteiger partial charge in [0, 0.05) is 62.5 Å². The van der Waals surface area contributed by atoms with Gasteiger partial charge in [0.05, 0.1) is 30.3 Å². The molecule has 2 aromatic carbocycles. The van der Waals surface area contributed by atoms with Crippen LogP contribution in [-0.4, -0.2) is 77.5 Å². The third-order valence-electron chi connectivity index (χ3n) is 12.3. The van der Waals surface area contributed by atoms with E-state index < -0.39 is 21.7 Å². The predicted octanol–water partition coefficient (Wildman–Crippen LogP) is 6.56. The number of benzene rings is 2. The molecular formula is C41H50ClN5O6S. The van der Waals surface area contributed by atoms with Crippen molar-refractivity contribution in [1.82, 2.24) is 14.3 Å². The molecule has 11 nitrogen and oxygen atoms in total. The van der Waals surface area contributed by atoms with Crippen molar-refractivity contribution in [2.75, 3.05) is 44.6 Å². The normalized spacial score (nSPS) is 31.4. The number of imidazole rings is 1. The molecule has 1 aromatic heterocycles. The van der Waals surface area contributed by atoms with E-state index in [2.05, 4.69) is 43.3 Å². The number of rotatable bonds is 4. The van der Waals surface area contributed by atoms with Gasteiger partial charge in [-0.15, -0.1) is 4.36 Å². The van der Waals surface area contributed by atoms with Crippen molar-refractivity contribution in [3.63, 3.8) is 0 Å². The smallest absolute Gasteiger partial charge is 0.286 e. The van der Waals surface area contributed by atoms with Crippen molar-refractivity contribution < 1.29 is 28.0 Å². The van der Waals surface area contributed by atoms with Crippen molar-refractivity contribution in [2.24, 2.45) is 22.1 Å². The molecule has 3 aromatic rings. The number of fused-ring (bicyclic) bond motifs is 5. The summed E-state index contributed by atoms with van der Waals surface area (Å²) in [6.07, 6.45) is 12.9. The average molecular weight is 776 g/mol. The van der Waals surface area contributed by atoms with Gasteiger partial charge in [-0.3, -0.25) is 14.3 Å². The van der Waals surface area contributed by atoms with Crippen molar-refractivity contribution in [3.8, 4) is 5.75 Å². The zero-order valence-corrected chi connectivity index (χ0v) is 32.9. The maximum Gasteiger partial charge on any atom is 0.286 e. The van der Waals surface area contributed by atoms with Gasteiger partial charge >= 0.3 is 0 Å². The minimum absolute atomic E-state index is 0.00996. The highest BCUT2D eigenvalue weighted by atomic mass is 35.5. The number of nitrogens with zero attached hydrogens (tertiary/aromatic N) is 4. The van der Waals surface area contributed by atoms with Crippen LogP contribution in [0.1, 0.15) is 83.2 Å². The molecule has 0 radical (unpaired) electrons. The van der Waals surface area contributed by atoms with E-state index in [-0.39, 0.29) is 35.0 Å². The van der Waals surface area contributed by atoms with E-state index in [0.717, 1.165) is 61.6 Å². The second-order valence-corrected chi connectivity index (χ2v) is 18.4. The molecule has 288 valence electrons. The number of ether oxygens (including phenoxy) is 3. The molecule has 1 spiro atoms. The van der Waals surface area contributed by atoms with Crippen LogP contribution < -0.4 is 14.4 Å². The number of halogens is 1. The summed E-state index contributed by atoms with van der Waals surface area (Å²) >= 11 is 6.47. The van der Waals surface area contributed by atoms with Crippen LogP contribution in [0.15, 0.2) is 59.1 Å². The number of hydrogen-bond donors (Lipinski definition) is 1. The van der Waals surface area contributed by atoms with E-state index in [1.807, 2.05) is 29.7 Å². The molecule has 13 heteroatoms. The number of amides is 2. The van der Waals surface area contributed by atoms with Crippen molar-refractivity contribution in [2.45, 2.75) is 82.5 Å². The number of hydrogen-bond acceptors (Lipinski definition) is 8. The third-order valence-corrected chi connectivity index (χ3v) is 14.5. The predicted molar refractivity (Wildman–Crippen MR) is 209 cm³/mol. The molecule has 1 fully saturated rings. The number of carbonyl (C=O) groups is 2. The van der Waals surface area contributed by atoms with E-state index in [0.29, 0.717) is 55.7 Å². The van der Waals surface area contributed by atoms with Crippen molar-refractivity contribution >= 4 is 39.0 Å². The minimum atomic E-state index is -3.58. The van der Waals surface area contributed by atoms with Gasteiger partial charge < -0.3 is 23.7 Å². The molecule has 2 aliphatic carbocycles. The topological polar surface area (TPSA) is 124 Å². The number of anilines is 1. The first kappa shape index (κ1) is 37.2. The molecule has 1 saturated carbocycles. The van der Waals surface area contributed by atoms with Crippen LogP contribution in [-0.2, 0) is 44.2 Å². The number of aromatic nitrogens is 2. The summed E-state index contributed by atoms with van der Waals surface area (Å²) in [5, 5.41) is 0.739. The molecule has 3 aliphatic heterocycles. The summed E-state index contributed by atoms with van der Waals surface area (Å²) in [4.78, 5) is 34.8. The van der Waals surface area contributed by atoms with Gasteiger partial charge in [-0.05, 0) is 104 Å². The average Bonchev–Trinajstić information content (AvgIpc) is 3.51. The zero-order chi connectivity index (χ0) is 37.6. The van der Waals surface area contributed by atoms with Gasteiger partial charge in [0.2, 0.25) is 0 Å². The Balaban J connectivity index is 1.17. The third kappa shape index (κ3) is 7.34. The highest BCUT2D eigenvalue weighted by Crippen LogP contribution is 2.47. The Hall–Kier alpha value is -3.71. The molecule has 5 aliphatic rings. The van der Waals surface area contributed by atoms with Gasteiger partial charge in [0.25, 0.3) is 11.8 Å². The Bertz CT molecular complexity index is 2090. The molecular weight excluding hydrogens is 726 g/mol. The fourth-order valence-corrected chi connectivity index (χ4v) is 11.3. The first-order valence-electron chi connectivity index (χ1n) is 19.3. The fourth-order valence-electron chi connectivity index (χ4n) is 9.27. The van der Waals surface area contributed by atoms with E-state index in [1.54, 1.807) is 26.5 Å². The SMILES string of the molecule is COC1CCn2cc(C(=O)N[S@@]3(=O)=NC(=O)c4ccc5c(c4)N(C[C@@H]4CC[C@H]4[C@@H](OC)/C=C/C[C@H](C)C3)C[C@@]3(CCCc4cc(Cl)ccc43)CO5)nc2C1. The Morgan fingerprint density at radius 2 is 2.00 bits per heavy atom. The first-order valence-corrected chi connectivity index (χ1v) is 21.3. The maximum absolute atomic E-state index is 14.7. The van der Waals surface area contributed by atoms with E-state index in [1.165, 1.54) is 11.1 Å². The zero-order valence-electron chi connectivity index (χ0n) is 31.3. The largest absolute Gasteiger partial charge is 0.490 e. The van der Waals surface area contributed by atoms with Crippen LogP contribution in [0.5, 0.6) is 5.75 Å². The maximum atomic E-state index is 14.7. The summed E-state index contributed by atoms with van der Waals surface area (Å²) in [6.45, 7) is 4.61. The van der Waals surface area contributed by atoms with E-state index in [9.17, 15) is 13.8 Å². The highest BCUT2D eigenvalue weighted by Gasteiger charge is 2.44. The first-order chi connectivity index (χ1) is 26.0. The number of nitrogens with one attached hydrogen (secondary N) is 1. The lowest BCUT2D eigenvalue weighted by Gasteiger charge is -2.46. The van der Waals surface area contributed by atoms with E-state index >= 15 is 0 Å². The molecule has 2 bridgehead atoms. The quantitative estimate of drug-likeness (QED) is 0.296. The van der Waals surface area contributed by atoms with Crippen LogP contribution in [0.4, 0.5) is 5.69 Å². The van der Waals surface area contributed by atoms with Crippen molar-refractivity contribution in [1.29, 1.82) is 0 Å². The van der Waals surface area contributed by atoms with Crippen LogP contribution >= 0.6 is 11.6 Å². The molecule has 1 unspecified atom stereocenters. The monoisotopic (exact) mass is 775 g/mol. The number of aryl methyl sites for hydroxylation is 2. The Morgan fingerprint density at radius 1 is 1.13 bits per heavy atom. The number of carbonyl (C=O) groups excluding carboxylic acids is 2. The molecule has 8 rings (SSSR count). The lowest BCUT2D eigenvalue weighted by molar-refractivity contribution is 0.0131. The fraction of sp³-hybridized carbons (Fsp3) is 0.537. The Labute approximate surface area is 323 Å². The highest BCUT2D eigenvalue weighted by molar-refractivity contribution is 7.92. The van der Waals surface area contributed by atoms with Crippen LogP contribution in [0.2, 0.25) is 5.02 Å². The Kier molecular flexibility index (Phi) is 10.4. The molecule has 4 heterocycles. The van der Waals surface area contributed by atoms with Crippen LogP contribution in [0.3, 0.4) is 0 Å². The summed E-state index contributed by atoms with van der Waals surface area (Å²) in [5.74, 6) is 0.704. The molecule has 1 N–H and O–H groups in total. The minimum Gasteiger partial charge on any atom is -0.490 e. The van der Waals surface area contributed by atoms with Gasteiger partial charge in [-0.1, -0.05) is 36.7 Å². The second-order valence-electron chi connectivity index (χ2n) is 16.0. The van der Waals surface area contributed by atoms with Crippen molar-refractivity contribution in [3.05, 3.63) is 88.0 Å². The van der Waals surface area contributed by atoms with Crippen LogP contribution in [0.25, 0.3) is 0 Å². The van der Waals surface area contributed by atoms with E-state index in [4.69, 9.17) is 25.8 Å². The van der Waals surface area contributed by atoms with Gasteiger partial charge in [0.15, 0.2) is 0 Å². The van der Waals surface area contributed by atoms with Crippen LogP contribution in [0, 0.1) is 17.8 Å². The summed E-state index contributed by atoms with van der Waals surface area (Å²) in [6, 6.07) is 11.6. The second kappa shape index (κ2) is 15.1. The summed E-state index contributed by atoms with van der Waals surface area (Å²) < 4.78 is 41.9. The number of allylic oxidation sites excluding steroid dienone is 1. The van der Waals surface area contributed by atoms with Gasteiger partial charge in [-0.25, -0.2) is 9.19 Å². The number of methoxy groups -OCH3 is 2. The summed E-state index contributed by atoms with van der Waals surface area (Å²) in [7, 11) is -0.139. The standard InChI is InChI=1S/C41H50ClN5O6S/c1-26-6-4-8-36(52-3)32-12-9-29(32)21-47-24-41(16-5-7-27-18-30(42)11-13-33(27)41)25-53-37-14-10-28(19-35(37)47)39(48)44-54(50,23-26)45-40(49)34-22-46-17-15-31(51-2)20-38(46)43-34/h4,8,10-11,13-14,18-19,22,26,29,31-32,36H,5-7,9,12,15-17,20-21,23-25H2,1-3H3,(H,44,45,48,49,50)/b8-4+/t26-,29-,31?,32+,36-,41-,54-/m0/s1. The molecule has 7 atom stereocenters. The lowest BCUT2D eigenvalue weighted by atomic mass is 9.68. The van der Waals surface area contributed by atoms with Gasteiger partial charge in [0.1, 0.15) is 27.2 Å². The molecule has 2 amide bonds. The molecule has 54 heavy (non-hydrogen) atoms. The van der Waals surface area contributed by atoms with Gasteiger partial charge in [-0.2, -0.15) is 0 Å². The lowest BCUT2D eigenvalue weighted by Crippen LogP contribution is -2.49. The Morgan fingerprint density at radius 3 is 2.80 bits per heavy atom. The molecule has 0 saturated heterocycles. The summed E-state index contributed by atoms with van der Waals surface area (Å²) in [5.41, 5.74) is 3.52.